The molecular weight excluding hydrogens is 278 g/mol. The van der Waals surface area contributed by atoms with Crippen molar-refractivity contribution >= 4 is 0 Å². The monoisotopic (exact) mass is 303 g/mol. The van der Waals surface area contributed by atoms with Crippen molar-refractivity contribution in [3.63, 3.8) is 0 Å². The Morgan fingerprint density at radius 1 is 1.09 bits per heavy atom. The summed E-state index contributed by atoms with van der Waals surface area (Å²) in [5.41, 5.74) is 1.70. The second kappa shape index (κ2) is 5.60. The molecule has 0 aromatic heterocycles. The van der Waals surface area contributed by atoms with Gasteiger partial charge in [-0.1, -0.05) is 24.3 Å². The molecule has 4 heteroatoms. The number of fused-ring (bicyclic) bond motifs is 1. The molecule has 22 heavy (non-hydrogen) atoms. The second-order valence-corrected chi connectivity index (χ2v) is 6.95. The van der Waals surface area contributed by atoms with Gasteiger partial charge in [0.25, 0.3) is 0 Å². The second-order valence-electron chi connectivity index (χ2n) is 6.95. The van der Waals surface area contributed by atoms with E-state index in [4.69, 9.17) is 9.47 Å². The average molecular weight is 303 g/mol. The van der Waals surface area contributed by atoms with Gasteiger partial charge in [0.2, 0.25) is 0 Å². The molecule has 2 aliphatic carbocycles. The molecule has 2 N–H and O–H groups in total. The minimum Gasteiger partial charge on any atom is -0.384 e. The Labute approximate surface area is 131 Å². The van der Waals surface area contributed by atoms with Crippen LogP contribution in [0.3, 0.4) is 0 Å². The van der Waals surface area contributed by atoms with Crippen LogP contribution < -0.4 is 5.32 Å². The number of hydrogen-bond acceptors (Lipinski definition) is 4. The van der Waals surface area contributed by atoms with E-state index in [-0.39, 0.29) is 5.79 Å². The Bertz CT molecular complexity index is 531. The highest BCUT2D eigenvalue weighted by Gasteiger charge is 2.41. The average Bonchev–Trinajstić information content (AvgIpc) is 3.14. The van der Waals surface area contributed by atoms with E-state index >= 15 is 0 Å². The molecule has 1 aromatic rings. The molecule has 1 spiro atoms. The Balaban J connectivity index is 1.34. The fourth-order valence-corrected chi connectivity index (χ4v) is 4.21. The normalized spacial score (nSPS) is 30.8. The van der Waals surface area contributed by atoms with E-state index in [1.54, 1.807) is 0 Å². The summed E-state index contributed by atoms with van der Waals surface area (Å²) in [6.07, 6.45) is 5.82. The standard InChI is InChI=1S/C18H25NO3/c20-17(8-5-14-3-1-2-4-16(14)17)13-19-15-6-9-18(10-7-15)21-11-12-22-18/h1-4,15,19-20H,5-13H2/t17-/m0/s1. The maximum Gasteiger partial charge on any atom is 0.168 e. The van der Waals surface area contributed by atoms with E-state index < -0.39 is 5.60 Å². The summed E-state index contributed by atoms with van der Waals surface area (Å²) in [5.74, 6) is -0.297. The lowest BCUT2D eigenvalue weighted by molar-refractivity contribution is -0.179. The lowest BCUT2D eigenvalue weighted by Gasteiger charge is -2.37. The molecule has 1 saturated heterocycles. The molecule has 1 atom stereocenters. The molecule has 0 unspecified atom stereocenters. The van der Waals surface area contributed by atoms with Crippen molar-refractivity contribution < 1.29 is 14.6 Å². The molecule has 1 heterocycles. The fraction of sp³-hybridized carbons (Fsp3) is 0.667. The fourth-order valence-electron chi connectivity index (χ4n) is 4.21. The molecule has 0 amide bonds. The number of aliphatic hydroxyl groups is 1. The smallest absolute Gasteiger partial charge is 0.168 e. The van der Waals surface area contributed by atoms with Gasteiger partial charge in [0.05, 0.1) is 13.2 Å². The molecule has 1 aliphatic heterocycles. The first-order chi connectivity index (χ1) is 10.7. The molecule has 120 valence electrons. The van der Waals surface area contributed by atoms with Gasteiger partial charge >= 0.3 is 0 Å². The van der Waals surface area contributed by atoms with Crippen LogP contribution in [-0.4, -0.2) is 36.7 Å². The highest BCUT2D eigenvalue weighted by molar-refractivity contribution is 5.37. The molecule has 4 nitrogen and oxygen atoms in total. The lowest BCUT2D eigenvalue weighted by atomic mass is 9.89. The van der Waals surface area contributed by atoms with Gasteiger partial charge < -0.3 is 19.9 Å². The zero-order valence-corrected chi connectivity index (χ0v) is 13.0. The van der Waals surface area contributed by atoms with Crippen LogP contribution in [0.4, 0.5) is 0 Å². The van der Waals surface area contributed by atoms with Crippen molar-refractivity contribution in [3.05, 3.63) is 35.4 Å². The summed E-state index contributed by atoms with van der Waals surface area (Å²) in [6.45, 7) is 2.10. The zero-order chi connectivity index (χ0) is 15.0. The van der Waals surface area contributed by atoms with Crippen molar-refractivity contribution in [3.8, 4) is 0 Å². The third-order valence-corrected chi connectivity index (χ3v) is 5.57. The molecule has 1 aromatic carbocycles. The first-order valence-corrected chi connectivity index (χ1v) is 8.51. The number of rotatable bonds is 3. The predicted molar refractivity (Wildman–Crippen MR) is 83.6 cm³/mol. The van der Waals surface area contributed by atoms with Crippen LogP contribution in [0, 0.1) is 0 Å². The number of nitrogens with one attached hydrogen (secondary N) is 1. The van der Waals surface area contributed by atoms with E-state index in [1.165, 1.54) is 5.56 Å². The highest BCUT2D eigenvalue weighted by atomic mass is 16.7. The topological polar surface area (TPSA) is 50.7 Å². The maximum absolute atomic E-state index is 11.0. The van der Waals surface area contributed by atoms with Gasteiger partial charge in [-0.2, -0.15) is 0 Å². The largest absolute Gasteiger partial charge is 0.384 e. The molecule has 0 bridgehead atoms. The van der Waals surface area contributed by atoms with Gasteiger partial charge in [-0.3, -0.25) is 0 Å². The van der Waals surface area contributed by atoms with E-state index in [1.807, 2.05) is 6.07 Å². The highest BCUT2D eigenvalue weighted by Crippen LogP contribution is 2.38. The van der Waals surface area contributed by atoms with E-state index in [2.05, 4.69) is 23.5 Å². The van der Waals surface area contributed by atoms with Gasteiger partial charge in [0.15, 0.2) is 5.79 Å². The van der Waals surface area contributed by atoms with Crippen LogP contribution in [0.25, 0.3) is 0 Å². The Hall–Kier alpha value is -0.940. The van der Waals surface area contributed by atoms with E-state index in [9.17, 15) is 5.11 Å². The molecule has 2 fully saturated rings. The van der Waals surface area contributed by atoms with Crippen LogP contribution in [0.1, 0.15) is 43.2 Å². The number of ether oxygens (including phenoxy) is 2. The van der Waals surface area contributed by atoms with Crippen LogP contribution in [0.15, 0.2) is 24.3 Å². The summed E-state index contributed by atoms with van der Waals surface area (Å²) >= 11 is 0. The van der Waals surface area contributed by atoms with Crippen molar-refractivity contribution in [1.82, 2.24) is 5.32 Å². The Morgan fingerprint density at radius 2 is 1.82 bits per heavy atom. The summed E-state index contributed by atoms with van der Waals surface area (Å²) in [7, 11) is 0. The molecule has 3 aliphatic rings. The zero-order valence-electron chi connectivity index (χ0n) is 13.0. The lowest BCUT2D eigenvalue weighted by Crippen LogP contribution is -2.46. The first kappa shape index (κ1) is 14.6. The third-order valence-electron chi connectivity index (χ3n) is 5.57. The van der Waals surface area contributed by atoms with Crippen LogP contribution in [0.5, 0.6) is 0 Å². The minimum atomic E-state index is -0.702. The van der Waals surface area contributed by atoms with Crippen molar-refractivity contribution in [2.45, 2.75) is 56.0 Å². The number of hydrogen-bond donors (Lipinski definition) is 2. The van der Waals surface area contributed by atoms with Gasteiger partial charge in [0.1, 0.15) is 5.60 Å². The third kappa shape index (κ3) is 2.58. The van der Waals surface area contributed by atoms with Gasteiger partial charge in [-0.25, -0.2) is 0 Å². The Kier molecular flexibility index (Phi) is 3.73. The van der Waals surface area contributed by atoms with Crippen molar-refractivity contribution in [2.24, 2.45) is 0 Å². The SMILES string of the molecule is O[C@]1(CNC2CCC3(CC2)OCCO3)CCc2ccccc21. The molecule has 0 radical (unpaired) electrons. The van der Waals surface area contributed by atoms with Crippen LogP contribution in [-0.2, 0) is 21.5 Å². The van der Waals surface area contributed by atoms with Crippen molar-refractivity contribution in [1.29, 1.82) is 0 Å². The summed E-state index contributed by atoms with van der Waals surface area (Å²) in [6, 6.07) is 8.73. The van der Waals surface area contributed by atoms with Gasteiger partial charge in [0, 0.05) is 25.4 Å². The Morgan fingerprint density at radius 3 is 2.59 bits per heavy atom. The molecular formula is C18H25NO3. The minimum absolute atomic E-state index is 0.297. The summed E-state index contributed by atoms with van der Waals surface area (Å²) < 4.78 is 11.5. The summed E-state index contributed by atoms with van der Waals surface area (Å²) in [5, 5.41) is 14.6. The van der Waals surface area contributed by atoms with E-state index in [0.29, 0.717) is 12.6 Å². The van der Waals surface area contributed by atoms with Crippen LogP contribution >= 0.6 is 0 Å². The van der Waals surface area contributed by atoms with Gasteiger partial charge in [-0.15, -0.1) is 0 Å². The van der Waals surface area contributed by atoms with Crippen molar-refractivity contribution in [2.75, 3.05) is 19.8 Å². The molecule has 1 saturated carbocycles. The molecule has 4 rings (SSSR count). The summed E-state index contributed by atoms with van der Waals surface area (Å²) in [4.78, 5) is 0. The first-order valence-electron chi connectivity index (χ1n) is 8.51. The number of aryl methyl sites for hydroxylation is 1. The maximum atomic E-state index is 11.0. The van der Waals surface area contributed by atoms with Gasteiger partial charge in [-0.05, 0) is 36.8 Å². The quantitative estimate of drug-likeness (QED) is 0.898. The number of benzene rings is 1. The predicted octanol–water partition coefficient (Wildman–Crippen LogP) is 2.10. The van der Waals surface area contributed by atoms with Crippen LogP contribution in [0.2, 0.25) is 0 Å². The van der Waals surface area contributed by atoms with E-state index in [0.717, 1.165) is 57.3 Å².